The Morgan fingerprint density at radius 2 is 1.41 bits per heavy atom. The van der Waals surface area contributed by atoms with E-state index in [9.17, 15) is 0 Å². The molecule has 0 unspecified atom stereocenters. The molecule has 0 amide bonds. The Balaban J connectivity index is 0.00000240. The number of aryl methyl sites for hydroxylation is 1. The summed E-state index contributed by atoms with van der Waals surface area (Å²) in [5.74, 6) is 2.04. The zero-order valence-corrected chi connectivity index (χ0v) is 17.8. The number of ether oxygens (including phenoxy) is 3. The lowest BCUT2D eigenvalue weighted by Gasteiger charge is -2.16. The summed E-state index contributed by atoms with van der Waals surface area (Å²) < 4.78 is 16.7. The number of halogens is 1. The van der Waals surface area contributed by atoms with Gasteiger partial charge in [-0.2, -0.15) is 0 Å². The van der Waals surface area contributed by atoms with Gasteiger partial charge in [-0.15, -0.1) is 12.4 Å². The molecule has 0 aliphatic carbocycles. The molecule has 0 fully saturated rings. The second-order valence-electron chi connectivity index (χ2n) is 6.80. The number of hydrogen-bond donors (Lipinski definition) is 0. The van der Waals surface area contributed by atoms with Gasteiger partial charge in [0.15, 0.2) is 11.5 Å². The van der Waals surface area contributed by atoms with Crippen LogP contribution in [-0.4, -0.2) is 26.3 Å². The first-order valence-corrected chi connectivity index (χ1v) is 9.21. The van der Waals surface area contributed by atoms with Gasteiger partial charge in [0.05, 0.1) is 21.3 Å². The molecule has 3 aromatic carbocycles. The molecular weight excluding hydrogens is 386 g/mol. The van der Waals surface area contributed by atoms with Crippen LogP contribution < -0.4 is 14.2 Å². The highest BCUT2D eigenvalue weighted by atomic mass is 35.5. The maximum absolute atomic E-state index is 5.64. The Labute approximate surface area is 176 Å². The fourth-order valence-electron chi connectivity index (χ4n) is 3.72. The van der Waals surface area contributed by atoms with E-state index >= 15 is 0 Å². The lowest BCUT2D eigenvalue weighted by molar-refractivity contribution is 0.355. The number of benzene rings is 3. The number of aromatic nitrogens is 1. The maximum atomic E-state index is 5.64. The Hall–Kier alpha value is -2.98. The molecule has 1 heterocycles. The molecule has 4 aromatic rings. The third kappa shape index (κ3) is 3.81. The van der Waals surface area contributed by atoms with E-state index in [0.717, 1.165) is 22.0 Å². The summed E-state index contributed by atoms with van der Waals surface area (Å²) in [7, 11) is 4.96. The van der Waals surface area contributed by atoms with Crippen molar-refractivity contribution in [1.29, 1.82) is 0 Å². The SMILES string of the molecule is COc1cc2c(C)nc(OC)c(Cc3ccc4ccccc4c3)c2cc1OC.Cl. The van der Waals surface area contributed by atoms with Crippen molar-refractivity contribution in [3.05, 3.63) is 71.4 Å². The topological polar surface area (TPSA) is 40.6 Å². The van der Waals surface area contributed by atoms with Gasteiger partial charge < -0.3 is 14.2 Å². The monoisotopic (exact) mass is 409 g/mol. The highest BCUT2D eigenvalue weighted by Gasteiger charge is 2.17. The Kier molecular flexibility index (Phi) is 6.14. The van der Waals surface area contributed by atoms with Gasteiger partial charge in [-0.25, -0.2) is 4.98 Å². The lowest BCUT2D eigenvalue weighted by atomic mass is 9.96. The molecule has 0 radical (unpaired) electrons. The van der Waals surface area contributed by atoms with E-state index in [2.05, 4.69) is 42.5 Å². The van der Waals surface area contributed by atoms with Gasteiger partial charge >= 0.3 is 0 Å². The second kappa shape index (κ2) is 8.58. The summed E-state index contributed by atoms with van der Waals surface area (Å²) >= 11 is 0. The van der Waals surface area contributed by atoms with Crippen LogP contribution >= 0.6 is 12.4 Å². The smallest absolute Gasteiger partial charge is 0.217 e. The predicted octanol–water partition coefficient (Wildman–Crippen LogP) is 5.73. The van der Waals surface area contributed by atoms with Gasteiger partial charge in [0.25, 0.3) is 0 Å². The minimum Gasteiger partial charge on any atom is -0.493 e. The molecule has 0 aliphatic rings. The predicted molar refractivity (Wildman–Crippen MR) is 120 cm³/mol. The molecule has 150 valence electrons. The second-order valence-corrected chi connectivity index (χ2v) is 6.80. The normalized spacial score (nSPS) is 10.6. The number of fused-ring (bicyclic) bond motifs is 2. The van der Waals surface area contributed by atoms with E-state index in [1.165, 1.54) is 16.3 Å². The average Bonchev–Trinajstić information content (AvgIpc) is 2.74. The van der Waals surface area contributed by atoms with Crippen molar-refractivity contribution in [1.82, 2.24) is 4.98 Å². The number of pyridine rings is 1. The number of methoxy groups -OCH3 is 3. The van der Waals surface area contributed by atoms with Crippen molar-refractivity contribution >= 4 is 34.0 Å². The number of rotatable bonds is 5. The molecule has 1 aromatic heterocycles. The van der Waals surface area contributed by atoms with E-state index in [1.54, 1.807) is 21.3 Å². The first-order chi connectivity index (χ1) is 13.6. The van der Waals surface area contributed by atoms with E-state index in [0.29, 0.717) is 23.8 Å². The van der Waals surface area contributed by atoms with Crippen molar-refractivity contribution in [3.63, 3.8) is 0 Å². The Morgan fingerprint density at radius 3 is 2.07 bits per heavy atom. The van der Waals surface area contributed by atoms with E-state index in [1.807, 2.05) is 19.1 Å². The van der Waals surface area contributed by atoms with Crippen molar-refractivity contribution in [2.24, 2.45) is 0 Å². The van der Waals surface area contributed by atoms with E-state index < -0.39 is 0 Å². The number of nitrogens with zero attached hydrogens (tertiary/aromatic N) is 1. The molecule has 0 saturated carbocycles. The van der Waals surface area contributed by atoms with Crippen molar-refractivity contribution in [3.8, 4) is 17.4 Å². The molecule has 4 rings (SSSR count). The van der Waals surface area contributed by atoms with E-state index in [-0.39, 0.29) is 12.4 Å². The van der Waals surface area contributed by atoms with Crippen LogP contribution in [0.25, 0.3) is 21.5 Å². The maximum Gasteiger partial charge on any atom is 0.217 e. The van der Waals surface area contributed by atoms with Crippen LogP contribution in [0.1, 0.15) is 16.8 Å². The molecule has 0 N–H and O–H groups in total. The highest BCUT2D eigenvalue weighted by Crippen LogP contribution is 2.38. The van der Waals surface area contributed by atoms with Crippen LogP contribution in [0.2, 0.25) is 0 Å². The largest absolute Gasteiger partial charge is 0.493 e. The zero-order valence-electron chi connectivity index (χ0n) is 17.0. The molecule has 0 aliphatic heterocycles. The first kappa shape index (κ1) is 20.7. The third-order valence-electron chi connectivity index (χ3n) is 5.15. The molecule has 0 bridgehead atoms. The summed E-state index contributed by atoms with van der Waals surface area (Å²) in [6.45, 7) is 1.98. The third-order valence-corrected chi connectivity index (χ3v) is 5.15. The van der Waals surface area contributed by atoms with Gasteiger partial charge in [0.1, 0.15) is 0 Å². The Morgan fingerprint density at radius 1 is 0.759 bits per heavy atom. The molecular formula is C24H24ClNO3. The fourth-order valence-corrected chi connectivity index (χ4v) is 3.72. The first-order valence-electron chi connectivity index (χ1n) is 9.21. The van der Waals surface area contributed by atoms with Crippen LogP contribution in [0, 0.1) is 6.92 Å². The van der Waals surface area contributed by atoms with Gasteiger partial charge in [-0.05, 0) is 40.8 Å². The fraction of sp³-hybridized carbons (Fsp3) is 0.208. The summed E-state index contributed by atoms with van der Waals surface area (Å²) in [6, 6.07) is 18.9. The lowest BCUT2D eigenvalue weighted by Crippen LogP contribution is -2.02. The quantitative estimate of drug-likeness (QED) is 0.421. The van der Waals surface area contributed by atoms with Crippen molar-refractivity contribution in [2.45, 2.75) is 13.3 Å². The van der Waals surface area contributed by atoms with Crippen LogP contribution in [-0.2, 0) is 6.42 Å². The molecule has 29 heavy (non-hydrogen) atoms. The van der Waals surface area contributed by atoms with Crippen molar-refractivity contribution < 1.29 is 14.2 Å². The van der Waals surface area contributed by atoms with Crippen molar-refractivity contribution in [2.75, 3.05) is 21.3 Å². The van der Waals surface area contributed by atoms with Crippen LogP contribution in [0.3, 0.4) is 0 Å². The Bertz CT molecular complexity index is 1170. The zero-order chi connectivity index (χ0) is 19.7. The standard InChI is InChI=1S/C24H23NO3.ClH/c1-15-19-13-22(26-2)23(27-3)14-20(19)21(24(25-15)28-4)12-16-9-10-17-7-5-6-8-18(17)11-16;/h5-11,13-14H,12H2,1-4H3;1H. The minimum atomic E-state index is 0. The van der Waals surface area contributed by atoms with Crippen LogP contribution in [0.5, 0.6) is 17.4 Å². The van der Waals surface area contributed by atoms with Gasteiger partial charge in [0.2, 0.25) is 5.88 Å². The summed E-state index contributed by atoms with van der Waals surface area (Å²) in [5, 5.41) is 4.56. The highest BCUT2D eigenvalue weighted by molar-refractivity contribution is 5.92. The molecule has 0 saturated heterocycles. The molecule has 0 atom stereocenters. The van der Waals surface area contributed by atoms with E-state index in [4.69, 9.17) is 19.2 Å². The summed E-state index contributed by atoms with van der Waals surface area (Å²) in [4.78, 5) is 4.69. The summed E-state index contributed by atoms with van der Waals surface area (Å²) in [5.41, 5.74) is 3.15. The van der Waals surface area contributed by atoms with Crippen LogP contribution in [0.4, 0.5) is 0 Å². The molecule has 0 spiro atoms. The number of hydrogen-bond acceptors (Lipinski definition) is 4. The molecule has 4 nitrogen and oxygen atoms in total. The van der Waals surface area contributed by atoms with Gasteiger partial charge in [0, 0.05) is 23.1 Å². The minimum absolute atomic E-state index is 0. The van der Waals surface area contributed by atoms with Crippen LogP contribution in [0.15, 0.2) is 54.6 Å². The van der Waals surface area contributed by atoms with Gasteiger partial charge in [-0.3, -0.25) is 0 Å². The average molecular weight is 410 g/mol. The summed E-state index contributed by atoms with van der Waals surface area (Å²) in [6.07, 6.45) is 0.716. The molecule has 5 heteroatoms. The van der Waals surface area contributed by atoms with Gasteiger partial charge in [-0.1, -0.05) is 42.5 Å².